The van der Waals surface area contributed by atoms with Crippen molar-refractivity contribution in [3.8, 4) is 0 Å². The largest absolute Gasteiger partial charge is 0.377 e. The third kappa shape index (κ3) is 3.16. The van der Waals surface area contributed by atoms with Gasteiger partial charge in [0.1, 0.15) is 0 Å². The van der Waals surface area contributed by atoms with Crippen molar-refractivity contribution in [3.05, 3.63) is 63.4 Å². The molecule has 4 atom stereocenters. The Labute approximate surface area is 170 Å². The molecule has 1 aromatic heterocycles. The predicted octanol–water partition coefficient (Wildman–Crippen LogP) is 4.79. The molecule has 5 heteroatoms. The molecule has 2 N–H and O–H groups in total. The van der Waals surface area contributed by atoms with Gasteiger partial charge in [-0.15, -0.1) is 11.3 Å². The zero-order valence-electron chi connectivity index (χ0n) is 16.1. The number of amides is 1. The summed E-state index contributed by atoms with van der Waals surface area (Å²) in [6.45, 7) is 3.60. The van der Waals surface area contributed by atoms with Gasteiger partial charge in [-0.1, -0.05) is 12.2 Å². The maximum Gasteiger partial charge on any atom is 0.251 e. The highest BCUT2D eigenvalue weighted by molar-refractivity contribution is 7.10. The van der Waals surface area contributed by atoms with Crippen LogP contribution in [-0.4, -0.2) is 25.2 Å². The van der Waals surface area contributed by atoms with E-state index in [4.69, 9.17) is 4.74 Å². The molecule has 3 heterocycles. The van der Waals surface area contributed by atoms with Crippen LogP contribution >= 0.6 is 11.3 Å². The van der Waals surface area contributed by atoms with Crippen molar-refractivity contribution in [2.24, 2.45) is 5.92 Å². The van der Waals surface area contributed by atoms with Crippen LogP contribution < -0.4 is 10.6 Å². The van der Waals surface area contributed by atoms with E-state index in [9.17, 15) is 4.79 Å². The molecule has 3 aliphatic rings. The highest BCUT2D eigenvalue weighted by Gasteiger charge is 2.39. The van der Waals surface area contributed by atoms with Gasteiger partial charge in [0.15, 0.2) is 0 Å². The number of rotatable bonds is 4. The van der Waals surface area contributed by atoms with E-state index in [1.165, 1.54) is 16.0 Å². The Balaban J connectivity index is 1.39. The van der Waals surface area contributed by atoms with Gasteiger partial charge in [0.2, 0.25) is 0 Å². The molecule has 2 aromatic rings. The van der Waals surface area contributed by atoms with E-state index in [1.807, 2.05) is 17.4 Å². The first-order chi connectivity index (χ1) is 13.7. The third-order valence-electron chi connectivity index (χ3n) is 6.32. The molecule has 1 amide bonds. The molecule has 2 aliphatic heterocycles. The topological polar surface area (TPSA) is 50.4 Å². The number of carbonyl (C=O) groups is 1. The third-order valence-corrected chi connectivity index (χ3v) is 7.43. The minimum absolute atomic E-state index is 0.00643. The summed E-state index contributed by atoms with van der Waals surface area (Å²) < 4.78 is 5.61. The average molecular weight is 395 g/mol. The molecule has 5 rings (SSSR count). The van der Waals surface area contributed by atoms with Crippen LogP contribution in [0.2, 0.25) is 0 Å². The van der Waals surface area contributed by atoms with Crippen molar-refractivity contribution in [2.45, 2.75) is 44.2 Å². The number of allylic oxidation sites excluding steroid dienone is 2. The fraction of sp³-hybridized carbons (Fsp3) is 0.435. The Morgan fingerprint density at radius 3 is 3.07 bits per heavy atom. The minimum atomic E-state index is -0.00643. The summed E-state index contributed by atoms with van der Waals surface area (Å²) in [7, 11) is 0. The fourth-order valence-electron chi connectivity index (χ4n) is 4.81. The van der Waals surface area contributed by atoms with Crippen LogP contribution in [0.15, 0.2) is 41.8 Å². The van der Waals surface area contributed by atoms with Crippen molar-refractivity contribution in [2.75, 3.05) is 18.5 Å². The Morgan fingerprint density at radius 2 is 2.29 bits per heavy atom. The van der Waals surface area contributed by atoms with Crippen LogP contribution in [0.25, 0.3) is 0 Å². The summed E-state index contributed by atoms with van der Waals surface area (Å²) >= 11 is 1.84. The molecule has 146 valence electrons. The van der Waals surface area contributed by atoms with E-state index in [1.54, 1.807) is 0 Å². The molecule has 1 saturated heterocycles. The van der Waals surface area contributed by atoms with Crippen LogP contribution in [0.5, 0.6) is 0 Å². The van der Waals surface area contributed by atoms with E-state index in [0.717, 1.165) is 37.1 Å². The highest BCUT2D eigenvalue weighted by Crippen LogP contribution is 2.51. The van der Waals surface area contributed by atoms with Gasteiger partial charge < -0.3 is 15.4 Å². The van der Waals surface area contributed by atoms with E-state index in [-0.39, 0.29) is 12.0 Å². The summed E-state index contributed by atoms with van der Waals surface area (Å²) in [5.74, 6) is 0.872. The van der Waals surface area contributed by atoms with Crippen molar-refractivity contribution >= 4 is 22.9 Å². The maximum absolute atomic E-state index is 12.7. The minimum Gasteiger partial charge on any atom is -0.377 e. The van der Waals surface area contributed by atoms with Gasteiger partial charge in [-0.05, 0) is 72.9 Å². The Bertz CT molecular complexity index is 913. The summed E-state index contributed by atoms with van der Waals surface area (Å²) in [4.78, 5) is 14.1. The zero-order valence-corrected chi connectivity index (χ0v) is 16.9. The lowest BCUT2D eigenvalue weighted by molar-refractivity contribution is 0.0857. The van der Waals surface area contributed by atoms with Gasteiger partial charge in [0.05, 0.1) is 12.1 Å². The number of nitrogens with one attached hydrogen (secondary N) is 2. The van der Waals surface area contributed by atoms with Crippen LogP contribution in [-0.2, 0) is 4.74 Å². The molecule has 0 saturated carbocycles. The number of anilines is 1. The number of hydrogen-bond acceptors (Lipinski definition) is 4. The van der Waals surface area contributed by atoms with Crippen LogP contribution in [0.4, 0.5) is 5.69 Å². The quantitative estimate of drug-likeness (QED) is 0.733. The van der Waals surface area contributed by atoms with Crippen LogP contribution in [0.3, 0.4) is 0 Å². The van der Waals surface area contributed by atoms with Gasteiger partial charge >= 0.3 is 0 Å². The number of thiophene rings is 1. The Morgan fingerprint density at radius 1 is 1.36 bits per heavy atom. The zero-order chi connectivity index (χ0) is 19.1. The van der Waals surface area contributed by atoms with Gasteiger partial charge in [-0.3, -0.25) is 4.79 Å². The Hall–Kier alpha value is -2.11. The number of ether oxygens (including phenoxy) is 1. The lowest BCUT2D eigenvalue weighted by Gasteiger charge is -2.37. The normalized spacial score (nSPS) is 27.9. The first kappa shape index (κ1) is 18.0. The van der Waals surface area contributed by atoms with Gasteiger partial charge in [0, 0.05) is 35.2 Å². The average Bonchev–Trinajstić information content (AvgIpc) is 3.46. The summed E-state index contributed by atoms with van der Waals surface area (Å²) in [6, 6.07) is 8.64. The van der Waals surface area contributed by atoms with Gasteiger partial charge in [-0.2, -0.15) is 0 Å². The smallest absolute Gasteiger partial charge is 0.251 e. The summed E-state index contributed by atoms with van der Waals surface area (Å²) in [6.07, 6.45) is 7.99. The SMILES string of the molecule is Cc1ccsc1C1Nc2ccc(C(=O)NCC3CCCO3)cc2C2C=CCC21. The van der Waals surface area contributed by atoms with Gasteiger partial charge in [-0.25, -0.2) is 0 Å². The molecule has 4 unspecified atom stereocenters. The van der Waals surface area contributed by atoms with E-state index in [0.29, 0.717) is 24.4 Å². The molecule has 0 bridgehead atoms. The molecular weight excluding hydrogens is 368 g/mol. The highest BCUT2D eigenvalue weighted by atomic mass is 32.1. The molecule has 1 aliphatic carbocycles. The lowest BCUT2D eigenvalue weighted by Crippen LogP contribution is -2.32. The van der Waals surface area contributed by atoms with Gasteiger partial charge in [0.25, 0.3) is 5.91 Å². The molecular formula is C23H26N2O2S. The summed E-state index contributed by atoms with van der Waals surface area (Å²) in [5, 5.41) is 9.00. The second-order valence-corrected chi connectivity index (χ2v) is 9.04. The molecule has 1 aromatic carbocycles. The number of aryl methyl sites for hydroxylation is 1. The molecule has 1 fully saturated rings. The summed E-state index contributed by atoms with van der Waals surface area (Å²) in [5.41, 5.74) is 4.50. The Kier molecular flexibility index (Phi) is 4.73. The van der Waals surface area contributed by atoms with E-state index < -0.39 is 0 Å². The predicted molar refractivity (Wildman–Crippen MR) is 113 cm³/mol. The van der Waals surface area contributed by atoms with E-state index in [2.05, 4.69) is 53.3 Å². The monoisotopic (exact) mass is 394 g/mol. The number of fused-ring (bicyclic) bond motifs is 3. The molecule has 0 spiro atoms. The second-order valence-electron chi connectivity index (χ2n) is 8.09. The fourth-order valence-corrected chi connectivity index (χ4v) is 5.87. The van der Waals surface area contributed by atoms with Crippen molar-refractivity contribution in [1.29, 1.82) is 0 Å². The standard InChI is InChI=1S/C23H26N2O2S/c1-14-9-11-28-22(14)21-18-6-2-5-17(18)19-12-15(7-8-20(19)25-21)23(26)24-13-16-4-3-10-27-16/h2,5,7-9,11-12,16-18,21,25H,3-4,6,10,13H2,1H3,(H,24,26). The molecule has 4 nitrogen and oxygen atoms in total. The first-order valence-electron chi connectivity index (χ1n) is 10.2. The molecule has 0 radical (unpaired) electrons. The van der Waals surface area contributed by atoms with Crippen LogP contribution in [0.1, 0.15) is 57.6 Å². The second kappa shape index (κ2) is 7.37. The van der Waals surface area contributed by atoms with E-state index >= 15 is 0 Å². The van der Waals surface area contributed by atoms with Crippen molar-refractivity contribution in [3.63, 3.8) is 0 Å². The molecule has 28 heavy (non-hydrogen) atoms. The first-order valence-corrected chi connectivity index (χ1v) is 11.1. The number of carbonyl (C=O) groups excluding carboxylic acids is 1. The van der Waals surface area contributed by atoms with Crippen molar-refractivity contribution in [1.82, 2.24) is 5.32 Å². The van der Waals surface area contributed by atoms with Crippen LogP contribution in [0, 0.1) is 12.8 Å². The number of hydrogen-bond donors (Lipinski definition) is 2. The number of benzene rings is 1. The van der Waals surface area contributed by atoms with Crippen molar-refractivity contribution < 1.29 is 9.53 Å². The lowest BCUT2D eigenvalue weighted by atomic mass is 9.78. The maximum atomic E-state index is 12.7.